The normalized spacial score (nSPS) is 16.7. The summed E-state index contributed by atoms with van der Waals surface area (Å²) >= 11 is 1.16. The van der Waals surface area contributed by atoms with Crippen LogP contribution in [-0.2, 0) is 14.8 Å². The van der Waals surface area contributed by atoms with E-state index in [1.807, 2.05) is 0 Å². The molecule has 1 aromatic carbocycles. The van der Waals surface area contributed by atoms with Crippen molar-refractivity contribution in [2.24, 2.45) is 5.92 Å². The van der Waals surface area contributed by atoms with E-state index in [1.165, 1.54) is 4.31 Å². The average molecular weight is 386 g/mol. The molecular weight excluding hydrogens is 370 g/mol. The molecule has 1 fully saturated rings. The fourth-order valence-corrected chi connectivity index (χ4v) is 5.38. The van der Waals surface area contributed by atoms with Crippen LogP contribution >= 0.6 is 11.3 Å². The molecule has 0 saturated carbocycles. The van der Waals surface area contributed by atoms with E-state index in [2.05, 4.69) is 5.32 Å². The molecular formula is C16H16F2N2O3S2. The molecule has 25 heavy (non-hydrogen) atoms. The molecule has 0 aliphatic carbocycles. The Morgan fingerprint density at radius 3 is 2.36 bits per heavy atom. The monoisotopic (exact) mass is 386 g/mol. The number of hydrogen-bond acceptors (Lipinski definition) is 4. The first kappa shape index (κ1) is 18.0. The summed E-state index contributed by atoms with van der Waals surface area (Å²) in [5, 5.41) is 4.19. The number of piperidine rings is 1. The molecule has 1 aromatic heterocycles. The second-order valence-corrected chi connectivity index (χ2v) is 8.87. The first-order valence-corrected chi connectivity index (χ1v) is 9.99. The highest BCUT2D eigenvalue weighted by molar-refractivity contribution is 7.91. The Kier molecular flexibility index (Phi) is 5.16. The maximum absolute atomic E-state index is 13.2. The number of benzene rings is 1. The zero-order chi connectivity index (χ0) is 18.0. The van der Waals surface area contributed by atoms with Crippen LogP contribution in [0.5, 0.6) is 0 Å². The quantitative estimate of drug-likeness (QED) is 0.878. The third-order valence-electron chi connectivity index (χ3n) is 4.04. The maximum Gasteiger partial charge on any atom is 0.252 e. The Balaban J connectivity index is 1.61. The minimum absolute atomic E-state index is 0.0520. The standard InChI is InChI=1S/C16H16F2N2O3S2/c17-12-8-13(18)10-14(9-12)19-16(21)11-3-5-20(6-4-11)25(22,23)15-2-1-7-24-15/h1-2,7-11H,3-6H2,(H,19,21). The smallest absolute Gasteiger partial charge is 0.252 e. The molecule has 2 heterocycles. The van der Waals surface area contributed by atoms with Gasteiger partial charge in [-0.05, 0) is 36.4 Å². The van der Waals surface area contributed by atoms with Crippen LogP contribution in [0.1, 0.15) is 12.8 Å². The van der Waals surface area contributed by atoms with E-state index in [4.69, 9.17) is 0 Å². The summed E-state index contributed by atoms with van der Waals surface area (Å²) in [5.41, 5.74) is 0.0520. The van der Waals surface area contributed by atoms with Gasteiger partial charge in [0, 0.05) is 30.8 Å². The van der Waals surface area contributed by atoms with Gasteiger partial charge in [-0.2, -0.15) is 4.31 Å². The molecule has 1 aliphatic heterocycles. The molecule has 0 radical (unpaired) electrons. The van der Waals surface area contributed by atoms with Crippen LogP contribution in [0, 0.1) is 17.6 Å². The number of hydrogen-bond donors (Lipinski definition) is 1. The fourth-order valence-electron chi connectivity index (χ4n) is 2.77. The second kappa shape index (κ2) is 7.19. The molecule has 0 spiro atoms. The van der Waals surface area contributed by atoms with E-state index in [-0.39, 0.29) is 28.9 Å². The van der Waals surface area contributed by atoms with Crippen LogP contribution < -0.4 is 5.32 Å². The molecule has 1 saturated heterocycles. The lowest BCUT2D eigenvalue weighted by atomic mass is 9.97. The zero-order valence-corrected chi connectivity index (χ0v) is 14.7. The molecule has 0 bridgehead atoms. The molecule has 3 rings (SSSR count). The van der Waals surface area contributed by atoms with Crippen LogP contribution in [0.15, 0.2) is 39.9 Å². The second-order valence-electron chi connectivity index (χ2n) is 5.76. The Bertz CT molecular complexity index is 841. The number of halogens is 2. The molecule has 1 aliphatic rings. The zero-order valence-electron chi connectivity index (χ0n) is 13.1. The van der Waals surface area contributed by atoms with Gasteiger partial charge in [-0.25, -0.2) is 17.2 Å². The van der Waals surface area contributed by atoms with Crippen molar-refractivity contribution in [3.05, 3.63) is 47.3 Å². The van der Waals surface area contributed by atoms with Crippen molar-refractivity contribution in [1.29, 1.82) is 0 Å². The highest BCUT2D eigenvalue weighted by Crippen LogP contribution is 2.27. The Hall–Kier alpha value is -1.84. The van der Waals surface area contributed by atoms with Gasteiger partial charge in [-0.1, -0.05) is 6.07 Å². The molecule has 134 valence electrons. The van der Waals surface area contributed by atoms with E-state index in [9.17, 15) is 22.0 Å². The summed E-state index contributed by atoms with van der Waals surface area (Å²) in [6, 6.07) is 6.03. The fraction of sp³-hybridized carbons (Fsp3) is 0.312. The molecule has 2 aromatic rings. The van der Waals surface area contributed by atoms with Crippen LogP contribution in [-0.4, -0.2) is 31.7 Å². The number of amides is 1. The van der Waals surface area contributed by atoms with Gasteiger partial charge in [-0.3, -0.25) is 4.79 Å². The van der Waals surface area contributed by atoms with E-state index >= 15 is 0 Å². The highest BCUT2D eigenvalue weighted by Gasteiger charge is 2.32. The third-order valence-corrected chi connectivity index (χ3v) is 7.32. The summed E-state index contributed by atoms with van der Waals surface area (Å²) in [6.07, 6.45) is 0.711. The van der Waals surface area contributed by atoms with Crippen LogP contribution in [0.2, 0.25) is 0 Å². The first-order valence-electron chi connectivity index (χ1n) is 7.67. The predicted octanol–water partition coefficient (Wildman–Crippen LogP) is 3.07. The van der Waals surface area contributed by atoms with Gasteiger partial charge in [0.15, 0.2) is 0 Å². The number of rotatable bonds is 4. The molecule has 0 unspecified atom stereocenters. The number of nitrogens with zero attached hydrogens (tertiary/aromatic N) is 1. The van der Waals surface area contributed by atoms with Crippen molar-refractivity contribution < 1.29 is 22.0 Å². The van der Waals surface area contributed by atoms with Crippen molar-refractivity contribution in [2.75, 3.05) is 18.4 Å². The minimum atomic E-state index is -3.52. The maximum atomic E-state index is 13.2. The summed E-state index contributed by atoms with van der Waals surface area (Å²) in [7, 11) is -3.52. The van der Waals surface area contributed by atoms with Crippen molar-refractivity contribution in [2.45, 2.75) is 17.1 Å². The Morgan fingerprint density at radius 2 is 1.80 bits per heavy atom. The van der Waals surface area contributed by atoms with Gasteiger partial charge in [0.25, 0.3) is 10.0 Å². The number of carbonyl (C=O) groups excluding carboxylic acids is 1. The lowest BCUT2D eigenvalue weighted by Gasteiger charge is -2.30. The van der Waals surface area contributed by atoms with E-state index in [1.54, 1.807) is 17.5 Å². The third kappa shape index (κ3) is 4.05. The lowest BCUT2D eigenvalue weighted by molar-refractivity contribution is -0.120. The van der Waals surface area contributed by atoms with E-state index in [0.29, 0.717) is 12.8 Å². The SMILES string of the molecule is O=C(Nc1cc(F)cc(F)c1)C1CCN(S(=O)(=O)c2cccs2)CC1. The van der Waals surface area contributed by atoms with Gasteiger partial charge in [-0.15, -0.1) is 11.3 Å². The van der Waals surface area contributed by atoms with Crippen molar-refractivity contribution in [1.82, 2.24) is 4.31 Å². The van der Waals surface area contributed by atoms with Crippen LogP contribution in [0.25, 0.3) is 0 Å². The molecule has 9 heteroatoms. The largest absolute Gasteiger partial charge is 0.326 e. The van der Waals surface area contributed by atoms with Gasteiger partial charge < -0.3 is 5.32 Å². The van der Waals surface area contributed by atoms with E-state index < -0.39 is 27.6 Å². The average Bonchev–Trinajstić information content (AvgIpc) is 3.09. The number of sulfonamides is 1. The van der Waals surface area contributed by atoms with Crippen molar-refractivity contribution in [3.63, 3.8) is 0 Å². The van der Waals surface area contributed by atoms with Crippen molar-refractivity contribution >= 4 is 33.0 Å². The van der Waals surface area contributed by atoms with Gasteiger partial charge in [0.1, 0.15) is 15.8 Å². The van der Waals surface area contributed by atoms with Gasteiger partial charge >= 0.3 is 0 Å². The lowest BCUT2D eigenvalue weighted by Crippen LogP contribution is -2.41. The Labute approximate surface area is 148 Å². The summed E-state index contributed by atoms with van der Waals surface area (Å²) < 4.78 is 52.9. The molecule has 1 amide bonds. The summed E-state index contributed by atoms with van der Waals surface area (Å²) in [6.45, 7) is 0.464. The number of carbonyl (C=O) groups is 1. The van der Waals surface area contributed by atoms with Crippen molar-refractivity contribution in [3.8, 4) is 0 Å². The number of nitrogens with one attached hydrogen (secondary N) is 1. The predicted molar refractivity (Wildman–Crippen MR) is 90.8 cm³/mol. The summed E-state index contributed by atoms with van der Waals surface area (Å²) in [4.78, 5) is 12.3. The number of thiophene rings is 1. The van der Waals surface area contributed by atoms with Crippen LogP contribution in [0.4, 0.5) is 14.5 Å². The van der Waals surface area contributed by atoms with Crippen LogP contribution in [0.3, 0.4) is 0 Å². The number of anilines is 1. The highest BCUT2D eigenvalue weighted by atomic mass is 32.2. The first-order chi connectivity index (χ1) is 11.9. The summed E-state index contributed by atoms with van der Waals surface area (Å²) in [5.74, 6) is -2.31. The molecule has 1 N–H and O–H groups in total. The van der Waals surface area contributed by atoms with Gasteiger partial charge in [0.2, 0.25) is 5.91 Å². The minimum Gasteiger partial charge on any atom is -0.326 e. The molecule has 5 nitrogen and oxygen atoms in total. The molecule has 0 atom stereocenters. The van der Waals surface area contributed by atoms with E-state index in [0.717, 1.165) is 29.5 Å². The Morgan fingerprint density at radius 1 is 1.16 bits per heavy atom. The van der Waals surface area contributed by atoms with Gasteiger partial charge in [0.05, 0.1) is 0 Å². The topological polar surface area (TPSA) is 66.5 Å².